The summed E-state index contributed by atoms with van der Waals surface area (Å²) in [4.78, 5) is 35.1. The van der Waals surface area contributed by atoms with Crippen molar-refractivity contribution in [2.45, 2.75) is 19.8 Å². The van der Waals surface area contributed by atoms with E-state index in [0.717, 1.165) is 16.8 Å². The van der Waals surface area contributed by atoms with Crippen molar-refractivity contribution in [3.8, 4) is 5.75 Å². The van der Waals surface area contributed by atoms with Gasteiger partial charge >= 0.3 is 5.97 Å². The van der Waals surface area contributed by atoms with Crippen LogP contribution in [0, 0.1) is 6.92 Å². The molecule has 0 fully saturated rings. The lowest BCUT2D eigenvalue weighted by atomic mass is 10.0. The third kappa shape index (κ3) is 5.23. The first-order valence-corrected chi connectivity index (χ1v) is 9.06. The van der Waals surface area contributed by atoms with Gasteiger partial charge in [0.1, 0.15) is 5.75 Å². The van der Waals surface area contributed by atoms with Gasteiger partial charge in [-0.05, 0) is 54.8 Å². The quantitative estimate of drug-likeness (QED) is 0.724. The average molecular weight is 403 g/mol. The van der Waals surface area contributed by atoms with E-state index in [4.69, 9.17) is 21.1 Å². The number of anilines is 2. The molecule has 0 bridgehead atoms. The van der Waals surface area contributed by atoms with Crippen LogP contribution in [0.2, 0.25) is 5.02 Å². The third-order valence-electron chi connectivity index (χ3n) is 4.09. The van der Waals surface area contributed by atoms with E-state index in [0.29, 0.717) is 29.3 Å². The zero-order chi connectivity index (χ0) is 20.1. The highest BCUT2D eigenvalue weighted by Crippen LogP contribution is 2.26. The van der Waals surface area contributed by atoms with Crippen molar-refractivity contribution in [2.75, 3.05) is 23.8 Å². The van der Waals surface area contributed by atoms with Crippen molar-refractivity contribution in [2.24, 2.45) is 0 Å². The number of fused-ring (bicyclic) bond motifs is 1. The van der Waals surface area contributed by atoms with Crippen molar-refractivity contribution in [1.82, 2.24) is 0 Å². The van der Waals surface area contributed by atoms with Gasteiger partial charge < -0.3 is 20.1 Å². The van der Waals surface area contributed by atoms with Gasteiger partial charge in [0.15, 0.2) is 13.2 Å². The predicted octanol–water partition coefficient (Wildman–Crippen LogP) is 3.09. The summed E-state index contributed by atoms with van der Waals surface area (Å²) < 4.78 is 10.3. The van der Waals surface area contributed by atoms with Crippen LogP contribution < -0.4 is 15.4 Å². The Bertz CT molecular complexity index is 929. The maximum absolute atomic E-state index is 11.9. The molecule has 3 rings (SSSR count). The fourth-order valence-corrected chi connectivity index (χ4v) is 2.97. The summed E-state index contributed by atoms with van der Waals surface area (Å²) in [7, 11) is 0. The Hall–Kier alpha value is -3.06. The molecule has 1 heterocycles. The van der Waals surface area contributed by atoms with E-state index in [2.05, 4.69) is 10.6 Å². The number of esters is 1. The van der Waals surface area contributed by atoms with Gasteiger partial charge in [0.05, 0.1) is 10.7 Å². The monoisotopic (exact) mass is 402 g/mol. The van der Waals surface area contributed by atoms with Gasteiger partial charge in [-0.1, -0.05) is 17.7 Å². The Morgan fingerprint density at radius 3 is 2.75 bits per heavy atom. The van der Waals surface area contributed by atoms with Gasteiger partial charge in [-0.15, -0.1) is 0 Å². The van der Waals surface area contributed by atoms with Crippen LogP contribution in [0.15, 0.2) is 36.4 Å². The molecule has 7 nitrogen and oxygen atoms in total. The fraction of sp³-hybridized carbons (Fsp3) is 0.250. The first-order chi connectivity index (χ1) is 13.4. The first-order valence-electron chi connectivity index (χ1n) is 8.68. The Kier molecular flexibility index (Phi) is 6.16. The molecule has 1 aliphatic rings. The molecule has 146 valence electrons. The molecule has 0 atom stereocenters. The molecule has 8 heteroatoms. The van der Waals surface area contributed by atoms with Crippen LogP contribution in [0.1, 0.15) is 17.5 Å². The van der Waals surface area contributed by atoms with Gasteiger partial charge in [-0.2, -0.15) is 0 Å². The number of nitrogens with one attached hydrogen (secondary N) is 2. The summed E-state index contributed by atoms with van der Waals surface area (Å²) in [6.45, 7) is 1.12. The topological polar surface area (TPSA) is 93.7 Å². The summed E-state index contributed by atoms with van der Waals surface area (Å²) >= 11 is 6.05. The second kappa shape index (κ2) is 8.75. The summed E-state index contributed by atoms with van der Waals surface area (Å²) in [6, 6.07) is 10.4. The molecule has 28 heavy (non-hydrogen) atoms. The van der Waals surface area contributed by atoms with Crippen LogP contribution in [0.5, 0.6) is 5.75 Å². The van der Waals surface area contributed by atoms with E-state index < -0.39 is 18.5 Å². The minimum absolute atomic E-state index is 0.0186. The Morgan fingerprint density at radius 2 is 1.96 bits per heavy atom. The van der Waals surface area contributed by atoms with Gasteiger partial charge in [0.25, 0.3) is 5.91 Å². The second-order valence-corrected chi connectivity index (χ2v) is 6.76. The molecular weight excluding hydrogens is 384 g/mol. The van der Waals surface area contributed by atoms with E-state index in [9.17, 15) is 14.4 Å². The molecule has 2 amide bonds. The van der Waals surface area contributed by atoms with Gasteiger partial charge in [-0.25, -0.2) is 4.79 Å². The minimum atomic E-state index is -0.670. The third-order valence-corrected chi connectivity index (χ3v) is 4.40. The van der Waals surface area contributed by atoms with Crippen molar-refractivity contribution in [3.05, 3.63) is 52.5 Å². The summed E-state index contributed by atoms with van der Waals surface area (Å²) in [5.74, 6) is -0.697. The molecule has 2 N–H and O–H groups in total. The largest absolute Gasteiger partial charge is 0.482 e. The van der Waals surface area contributed by atoms with Crippen LogP contribution in [0.4, 0.5) is 11.4 Å². The number of aryl methyl sites for hydroxylation is 2. The number of rotatable bonds is 6. The lowest BCUT2D eigenvalue weighted by molar-refractivity contribution is -0.149. The smallest absolute Gasteiger partial charge is 0.344 e. The van der Waals surface area contributed by atoms with Crippen molar-refractivity contribution in [3.63, 3.8) is 0 Å². The van der Waals surface area contributed by atoms with E-state index in [1.165, 1.54) is 0 Å². The van der Waals surface area contributed by atoms with E-state index in [1.54, 1.807) is 30.3 Å². The Morgan fingerprint density at radius 1 is 1.14 bits per heavy atom. The molecule has 0 saturated heterocycles. The summed E-state index contributed by atoms with van der Waals surface area (Å²) in [6.07, 6.45) is 1.03. The highest BCUT2D eigenvalue weighted by atomic mass is 35.5. The van der Waals surface area contributed by atoms with Gasteiger partial charge in [0, 0.05) is 12.1 Å². The van der Waals surface area contributed by atoms with Crippen LogP contribution in [-0.4, -0.2) is 31.0 Å². The number of ether oxygens (including phenoxy) is 2. The molecular formula is C20H19ClN2O5. The van der Waals surface area contributed by atoms with Crippen LogP contribution in [0.25, 0.3) is 0 Å². The SMILES string of the molecule is Cc1ccc(NC(=O)COC(=O)COc2ccc3c(c2)CCC(=O)N3)c(Cl)c1. The summed E-state index contributed by atoms with van der Waals surface area (Å²) in [5.41, 5.74) is 3.11. The van der Waals surface area contributed by atoms with Crippen LogP contribution in [0.3, 0.4) is 0 Å². The molecule has 0 aliphatic carbocycles. The molecule has 0 unspecified atom stereocenters. The van der Waals surface area contributed by atoms with Crippen molar-refractivity contribution >= 4 is 40.8 Å². The zero-order valence-electron chi connectivity index (χ0n) is 15.2. The van der Waals surface area contributed by atoms with Gasteiger partial charge in [0.2, 0.25) is 5.91 Å². The Balaban J connectivity index is 1.44. The number of carbonyl (C=O) groups excluding carboxylic acids is 3. The maximum Gasteiger partial charge on any atom is 0.344 e. The maximum atomic E-state index is 11.9. The zero-order valence-corrected chi connectivity index (χ0v) is 16.0. The number of halogens is 1. The van der Waals surface area contributed by atoms with E-state index >= 15 is 0 Å². The number of benzene rings is 2. The average Bonchev–Trinajstić information content (AvgIpc) is 2.67. The molecule has 2 aromatic rings. The number of hydrogen-bond acceptors (Lipinski definition) is 5. The van der Waals surface area contributed by atoms with E-state index in [1.807, 2.05) is 13.0 Å². The van der Waals surface area contributed by atoms with Crippen LogP contribution in [-0.2, 0) is 25.5 Å². The normalized spacial score (nSPS) is 12.6. The molecule has 1 aliphatic heterocycles. The van der Waals surface area contributed by atoms with Crippen molar-refractivity contribution < 1.29 is 23.9 Å². The number of hydrogen-bond donors (Lipinski definition) is 2. The predicted molar refractivity (Wildman–Crippen MR) is 105 cm³/mol. The fourth-order valence-electron chi connectivity index (χ4n) is 2.69. The van der Waals surface area contributed by atoms with Gasteiger partial charge in [-0.3, -0.25) is 9.59 Å². The van der Waals surface area contributed by atoms with E-state index in [-0.39, 0.29) is 12.5 Å². The minimum Gasteiger partial charge on any atom is -0.482 e. The highest BCUT2D eigenvalue weighted by Gasteiger charge is 2.16. The first kappa shape index (κ1) is 19.7. The number of amides is 2. The summed E-state index contributed by atoms with van der Waals surface area (Å²) in [5, 5.41) is 5.76. The molecule has 0 spiro atoms. The lowest BCUT2D eigenvalue weighted by Gasteiger charge is -2.17. The molecule has 0 radical (unpaired) electrons. The lowest BCUT2D eigenvalue weighted by Crippen LogP contribution is -2.24. The number of carbonyl (C=O) groups is 3. The molecule has 0 aromatic heterocycles. The standard InChI is InChI=1S/C20H19ClN2O5/c1-12-2-5-17(15(21)8-12)23-19(25)10-28-20(26)11-27-14-4-6-16-13(9-14)3-7-18(24)22-16/h2,4-6,8-9H,3,7,10-11H2,1H3,(H,22,24)(H,23,25). The molecule has 2 aromatic carbocycles. The molecule has 0 saturated carbocycles. The second-order valence-electron chi connectivity index (χ2n) is 6.35. The van der Waals surface area contributed by atoms with Crippen molar-refractivity contribution in [1.29, 1.82) is 0 Å². The Labute approximate surface area is 167 Å². The highest BCUT2D eigenvalue weighted by molar-refractivity contribution is 6.33. The van der Waals surface area contributed by atoms with Crippen LogP contribution >= 0.6 is 11.6 Å².